The van der Waals surface area contributed by atoms with E-state index in [4.69, 9.17) is 16.3 Å². The molecule has 1 aliphatic heterocycles. The molecule has 6 nitrogen and oxygen atoms in total. The molecule has 2 aromatic rings. The van der Waals surface area contributed by atoms with E-state index < -0.39 is 15.9 Å². The van der Waals surface area contributed by atoms with E-state index in [9.17, 15) is 13.2 Å². The van der Waals surface area contributed by atoms with E-state index in [-0.39, 0.29) is 23.1 Å². The number of hydrogen-bond donors (Lipinski definition) is 1. The largest absolute Gasteiger partial charge is 0.495 e. The van der Waals surface area contributed by atoms with Crippen molar-refractivity contribution in [1.82, 2.24) is 9.62 Å². The number of ether oxygens (including phenoxy) is 1. The summed E-state index contributed by atoms with van der Waals surface area (Å²) in [6, 6.07) is 12.4. The second-order valence-electron chi connectivity index (χ2n) is 7.20. The Morgan fingerprint density at radius 3 is 2.79 bits per heavy atom. The molecular formula is C21H25ClN2O4S. The van der Waals surface area contributed by atoms with Gasteiger partial charge in [0.2, 0.25) is 15.9 Å². The first kappa shape index (κ1) is 21.6. The number of nitrogens with zero attached hydrogens (tertiary/aromatic N) is 1. The van der Waals surface area contributed by atoms with Gasteiger partial charge in [-0.2, -0.15) is 4.31 Å². The number of carbonyl (C=O) groups is 1. The van der Waals surface area contributed by atoms with Gasteiger partial charge < -0.3 is 10.1 Å². The molecule has 0 spiro atoms. The summed E-state index contributed by atoms with van der Waals surface area (Å²) in [4.78, 5) is 12.7. The highest BCUT2D eigenvalue weighted by molar-refractivity contribution is 7.89. The Hall–Kier alpha value is -2.09. The molecule has 1 atom stereocenters. The van der Waals surface area contributed by atoms with Crippen LogP contribution in [0.15, 0.2) is 47.4 Å². The number of halogens is 1. The number of piperidine rings is 1. The molecule has 1 N–H and O–H groups in total. The Bertz CT molecular complexity index is 994. The van der Waals surface area contributed by atoms with Crippen molar-refractivity contribution in [1.29, 1.82) is 0 Å². The number of methoxy groups -OCH3 is 1. The minimum absolute atomic E-state index is 0.0216. The van der Waals surface area contributed by atoms with Crippen LogP contribution in [0.25, 0.3) is 0 Å². The molecule has 1 aliphatic rings. The molecular weight excluding hydrogens is 412 g/mol. The molecule has 0 saturated carbocycles. The summed E-state index contributed by atoms with van der Waals surface area (Å²) >= 11 is 6.01. The van der Waals surface area contributed by atoms with Gasteiger partial charge in [0.15, 0.2) is 0 Å². The standard InChI is InChI=1S/C21H25ClN2O4S/c1-15-5-3-6-16(11-15)13-23-21(25)17-7-4-10-24(14-17)29(26,27)20-12-18(22)8-9-19(20)28-2/h3,5-6,8-9,11-12,17H,4,7,10,13-14H2,1-2H3,(H,23,25)/t17-/m1/s1. The molecule has 29 heavy (non-hydrogen) atoms. The van der Waals surface area contributed by atoms with Gasteiger partial charge in [-0.1, -0.05) is 41.4 Å². The number of amides is 1. The lowest BCUT2D eigenvalue weighted by Crippen LogP contribution is -2.45. The fourth-order valence-electron chi connectivity index (χ4n) is 3.52. The number of sulfonamides is 1. The summed E-state index contributed by atoms with van der Waals surface area (Å²) in [6.07, 6.45) is 1.27. The van der Waals surface area contributed by atoms with Gasteiger partial charge in [0, 0.05) is 24.7 Å². The van der Waals surface area contributed by atoms with E-state index in [1.165, 1.54) is 23.5 Å². The molecule has 0 unspecified atom stereocenters. The van der Waals surface area contributed by atoms with Crippen LogP contribution in [-0.4, -0.2) is 38.8 Å². The number of carbonyl (C=O) groups excluding carboxylic acids is 1. The molecule has 8 heteroatoms. The highest BCUT2D eigenvalue weighted by Crippen LogP contribution is 2.32. The molecule has 3 rings (SSSR count). The molecule has 0 radical (unpaired) electrons. The maximum absolute atomic E-state index is 13.2. The molecule has 0 aliphatic carbocycles. The molecule has 156 valence electrons. The highest BCUT2D eigenvalue weighted by Gasteiger charge is 2.34. The van der Waals surface area contributed by atoms with Crippen LogP contribution in [0.3, 0.4) is 0 Å². The van der Waals surface area contributed by atoms with Gasteiger partial charge in [0.25, 0.3) is 0 Å². The number of hydrogen-bond acceptors (Lipinski definition) is 4. The maximum atomic E-state index is 13.2. The topological polar surface area (TPSA) is 75.7 Å². The first-order chi connectivity index (χ1) is 13.8. The average Bonchev–Trinajstić information content (AvgIpc) is 2.72. The minimum Gasteiger partial charge on any atom is -0.495 e. The molecule has 1 heterocycles. The summed E-state index contributed by atoms with van der Waals surface area (Å²) < 4.78 is 32.9. The van der Waals surface area contributed by atoms with Crippen molar-refractivity contribution in [2.45, 2.75) is 31.2 Å². The van der Waals surface area contributed by atoms with Crippen LogP contribution in [0, 0.1) is 12.8 Å². The van der Waals surface area contributed by atoms with E-state index in [0.29, 0.717) is 31.0 Å². The minimum atomic E-state index is -3.82. The lowest BCUT2D eigenvalue weighted by Gasteiger charge is -2.31. The third-order valence-electron chi connectivity index (χ3n) is 5.05. The Balaban J connectivity index is 1.71. The predicted octanol–water partition coefficient (Wildman–Crippen LogP) is 3.37. The summed E-state index contributed by atoms with van der Waals surface area (Å²) in [5, 5.41) is 3.25. The van der Waals surface area contributed by atoms with Gasteiger partial charge in [-0.25, -0.2) is 8.42 Å². The smallest absolute Gasteiger partial charge is 0.246 e. The van der Waals surface area contributed by atoms with Gasteiger partial charge in [-0.05, 0) is 43.5 Å². The van der Waals surface area contributed by atoms with E-state index in [1.807, 2.05) is 31.2 Å². The lowest BCUT2D eigenvalue weighted by atomic mass is 9.98. The van der Waals surface area contributed by atoms with E-state index in [1.54, 1.807) is 6.07 Å². The number of benzene rings is 2. The first-order valence-electron chi connectivity index (χ1n) is 9.48. The number of rotatable bonds is 6. The van der Waals surface area contributed by atoms with Gasteiger partial charge in [-0.15, -0.1) is 0 Å². The van der Waals surface area contributed by atoms with Gasteiger partial charge in [0.05, 0.1) is 13.0 Å². The first-order valence-corrected chi connectivity index (χ1v) is 11.3. The molecule has 2 aromatic carbocycles. The monoisotopic (exact) mass is 436 g/mol. The summed E-state index contributed by atoms with van der Waals surface area (Å²) in [5.41, 5.74) is 2.14. The molecule has 1 amide bonds. The molecule has 1 fully saturated rings. The zero-order valence-corrected chi connectivity index (χ0v) is 18.1. The van der Waals surface area contributed by atoms with Crippen LogP contribution in [0.2, 0.25) is 5.02 Å². The van der Waals surface area contributed by atoms with Crippen molar-refractivity contribution < 1.29 is 17.9 Å². The van der Waals surface area contributed by atoms with Crippen molar-refractivity contribution in [2.75, 3.05) is 20.2 Å². The van der Waals surface area contributed by atoms with E-state index in [0.717, 1.165) is 11.1 Å². The summed E-state index contributed by atoms with van der Waals surface area (Å²) in [7, 11) is -2.41. The Labute approximate surface area is 176 Å². The van der Waals surface area contributed by atoms with Crippen LogP contribution in [0.5, 0.6) is 5.75 Å². The third kappa shape index (κ3) is 5.10. The van der Waals surface area contributed by atoms with Gasteiger partial charge in [0.1, 0.15) is 10.6 Å². The van der Waals surface area contributed by atoms with E-state index in [2.05, 4.69) is 5.32 Å². The summed E-state index contributed by atoms with van der Waals surface area (Å²) in [5.74, 6) is -0.293. The molecule has 1 saturated heterocycles. The SMILES string of the molecule is COc1ccc(Cl)cc1S(=O)(=O)N1CCC[C@@H](C(=O)NCc2cccc(C)c2)C1. The third-order valence-corrected chi connectivity index (χ3v) is 7.17. The van der Waals surface area contributed by atoms with Crippen LogP contribution < -0.4 is 10.1 Å². The second kappa shape index (κ2) is 9.15. The lowest BCUT2D eigenvalue weighted by molar-refractivity contribution is -0.126. The predicted molar refractivity (Wildman–Crippen MR) is 113 cm³/mol. The van der Waals surface area contributed by atoms with Crippen LogP contribution in [-0.2, 0) is 21.4 Å². The van der Waals surface area contributed by atoms with E-state index >= 15 is 0 Å². The van der Waals surface area contributed by atoms with Crippen molar-refractivity contribution in [3.63, 3.8) is 0 Å². The second-order valence-corrected chi connectivity index (χ2v) is 9.55. The van der Waals surface area contributed by atoms with Crippen molar-refractivity contribution in [2.24, 2.45) is 5.92 Å². The van der Waals surface area contributed by atoms with Crippen LogP contribution in [0.4, 0.5) is 0 Å². The Morgan fingerprint density at radius 2 is 2.07 bits per heavy atom. The average molecular weight is 437 g/mol. The quantitative estimate of drug-likeness (QED) is 0.753. The van der Waals surface area contributed by atoms with Crippen molar-refractivity contribution in [3.05, 3.63) is 58.6 Å². The summed E-state index contributed by atoms with van der Waals surface area (Å²) in [6.45, 7) is 2.92. The number of nitrogens with one attached hydrogen (secondary N) is 1. The van der Waals surface area contributed by atoms with Crippen LogP contribution >= 0.6 is 11.6 Å². The Morgan fingerprint density at radius 1 is 1.28 bits per heavy atom. The van der Waals surface area contributed by atoms with Crippen molar-refractivity contribution >= 4 is 27.5 Å². The highest BCUT2D eigenvalue weighted by atomic mass is 35.5. The van der Waals surface area contributed by atoms with Gasteiger partial charge >= 0.3 is 0 Å². The fraction of sp³-hybridized carbons (Fsp3) is 0.381. The number of aryl methyl sites for hydroxylation is 1. The normalized spacial score (nSPS) is 17.7. The Kier molecular flexibility index (Phi) is 6.82. The zero-order chi connectivity index (χ0) is 21.0. The molecule has 0 bridgehead atoms. The van der Waals surface area contributed by atoms with Crippen molar-refractivity contribution in [3.8, 4) is 5.75 Å². The van der Waals surface area contributed by atoms with Gasteiger partial charge in [-0.3, -0.25) is 4.79 Å². The molecule has 0 aromatic heterocycles. The fourth-order valence-corrected chi connectivity index (χ4v) is 5.46. The van der Waals surface area contributed by atoms with Crippen LogP contribution in [0.1, 0.15) is 24.0 Å². The maximum Gasteiger partial charge on any atom is 0.246 e. The zero-order valence-electron chi connectivity index (χ0n) is 16.5.